The van der Waals surface area contributed by atoms with E-state index in [1.54, 1.807) is 9.80 Å². The van der Waals surface area contributed by atoms with E-state index in [0.29, 0.717) is 32.5 Å². The van der Waals surface area contributed by atoms with Gasteiger partial charge >= 0.3 is 12.0 Å². The van der Waals surface area contributed by atoms with Crippen molar-refractivity contribution in [3.05, 3.63) is 35.9 Å². The summed E-state index contributed by atoms with van der Waals surface area (Å²) in [5, 5.41) is 2.89. The molecule has 2 saturated heterocycles. The first-order chi connectivity index (χ1) is 12.6. The van der Waals surface area contributed by atoms with E-state index < -0.39 is 12.1 Å². The lowest BCUT2D eigenvalue weighted by Crippen LogP contribution is -2.53. The predicted molar refractivity (Wildman–Crippen MR) is 95.2 cm³/mol. The van der Waals surface area contributed by atoms with Crippen LogP contribution in [0.15, 0.2) is 30.3 Å². The van der Waals surface area contributed by atoms with Gasteiger partial charge in [0, 0.05) is 19.6 Å². The minimum Gasteiger partial charge on any atom is -0.467 e. The predicted octanol–water partition coefficient (Wildman–Crippen LogP) is 1.52. The number of amides is 3. The molecule has 2 heterocycles. The molecule has 26 heavy (non-hydrogen) atoms. The highest BCUT2D eigenvalue weighted by atomic mass is 16.5. The highest BCUT2D eigenvalue weighted by Crippen LogP contribution is 2.25. The maximum absolute atomic E-state index is 13.0. The summed E-state index contributed by atoms with van der Waals surface area (Å²) in [5.74, 6) is -0.529. The van der Waals surface area contributed by atoms with E-state index in [-0.39, 0.29) is 17.9 Å². The maximum Gasteiger partial charge on any atom is 0.328 e. The highest BCUT2D eigenvalue weighted by Gasteiger charge is 2.42. The van der Waals surface area contributed by atoms with Crippen molar-refractivity contribution in [2.24, 2.45) is 0 Å². The van der Waals surface area contributed by atoms with Gasteiger partial charge in [0.2, 0.25) is 5.91 Å². The molecule has 0 aromatic heterocycles. The summed E-state index contributed by atoms with van der Waals surface area (Å²) in [6, 6.07) is 8.38. The quantitative estimate of drug-likeness (QED) is 0.827. The SMILES string of the molecule is COC(=O)[C@@H]1CCCN1C(=O)[C@@H]1CCCN1C(=O)NCc1ccccc1. The molecule has 0 bridgehead atoms. The molecule has 2 aliphatic rings. The Kier molecular flexibility index (Phi) is 5.75. The van der Waals surface area contributed by atoms with Crippen LogP contribution in [-0.4, -0.2) is 60.0 Å². The van der Waals surface area contributed by atoms with Crippen molar-refractivity contribution in [1.82, 2.24) is 15.1 Å². The molecule has 2 fully saturated rings. The van der Waals surface area contributed by atoms with Crippen LogP contribution >= 0.6 is 0 Å². The molecule has 1 aromatic rings. The molecule has 0 saturated carbocycles. The molecule has 3 amide bonds. The van der Waals surface area contributed by atoms with Crippen molar-refractivity contribution in [3.63, 3.8) is 0 Å². The number of methoxy groups -OCH3 is 1. The number of carbonyl (C=O) groups is 3. The van der Waals surface area contributed by atoms with E-state index in [4.69, 9.17) is 4.74 Å². The first-order valence-corrected chi connectivity index (χ1v) is 9.08. The molecule has 7 nitrogen and oxygen atoms in total. The number of carbonyl (C=O) groups excluding carboxylic acids is 3. The highest BCUT2D eigenvalue weighted by molar-refractivity contribution is 5.91. The number of urea groups is 1. The fourth-order valence-corrected chi connectivity index (χ4v) is 3.74. The van der Waals surface area contributed by atoms with Crippen molar-refractivity contribution >= 4 is 17.9 Å². The summed E-state index contributed by atoms with van der Waals surface area (Å²) in [6.07, 6.45) is 2.80. The van der Waals surface area contributed by atoms with Gasteiger partial charge in [0.25, 0.3) is 0 Å². The van der Waals surface area contributed by atoms with Crippen LogP contribution < -0.4 is 5.32 Å². The number of nitrogens with zero attached hydrogens (tertiary/aromatic N) is 2. The van der Waals surface area contributed by atoms with E-state index in [2.05, 4.69) is 5.32 Å². The van der Waals surface area contributed by atoms with Gasteiger partial charge in [-0.25, -0.2) is 9.59 Å². The van der Waals surface area contributed by atoms with E-state index in [0.717, 1.165) is 18.4 Å². The monoisotopic (exact) mass is 359 g/mol. The minimum absolute atomic E-state index is 0.148. The van der Waals surface area contributed by atoms with Gasteiger partial charge in [0.05, 0.1) is 7.11 Å². The van der Waals surface area contributed by atoms with Crippen LogP contribution in [0.1, 0.15) is 31.2 Å². The lowest BCUT2D eigenvalue weighted by Gasteiger charge is -2.30. The maximum atomic E-state index is 13.0. The molecule has 140 valence electrons. The zero-order valence-corrected chi connectivity index (χ0v) is 15.0. The Morgan fingerprint density at radius 1 is 1.04 bits per heavy atom. The van der Waals surface area contributed by atoms with Gasteiger partial charge < -0.3 is 19.9 Å². The second-order valence-corrected chi connectivity index (χ2v) is 6.71. The Balaban J connectivity index is 1.62. The summed E-state index contributed by atoms with van der Waals surface area (Å²) in [7, 11) is 1.34. The molecule has 0 radical (unpaired) electrons. The fraction of sp³-hybridized carbons (Fsp3) is 0.526. The van der Waals surface area contributed by atoms with Crippen molar-refractivity contribution in [3.8, 4) is 0 Å². The summed E-state index contributed by atoms with van der Waals surface area (Å²) in [5.41, 5.74) is 1.01. The number of hydrogen-bond acceptors (Lipinski definition) is 4. The van der Waals surface area contributed by atoms with E-state index in [1.165, 1.54) is 7.11 Å². The molecule has 2 atom stereocenters. The number of ether oxygens (including phenoxy) is 1. The Morgan fingerprint density at radius 3 is 2.38 bits per heavy atom. The molecule has 1 N–H and O–H groups in total. The van der Waals surface area contributed by atoms with Gasteiger partial charge in [-0.1, -0.05) is 30.3 Å². The Labute approximate surface area is 153 Å². The number of rotatable bonds is 4. The first-order valence-electron chi connectivity index (χ1n) is 9.08. The van der Waals surface area contributed by atoms with Crippen molar-refractivity contribution in [2.75, 3.05) is 20.2 Å². The van der Waals surface area contributed by atoms with Gasteiger partial charge in [-0.05, 0) is 31.2 Å². The number of hydrogen-bond donors (Lipinski definition) is 1. The third-order valence-corrected chi connectivity index (χ3v) is 5.09. The van der Waals surface area contributed by atoms with Gasteiger partial charge in [0.1, 0.15) is 12.1 Å². The second kappa shape index (κ2) is 8.21. The van der Waals surface area contributed by atoms with Crippen LogP contribution in [0.4, 0.5) is 4.79 Å². The number of nitrogens with one attached hydrogen (secondary N) is 1. The molecular weight excluding hydrogens is 334 g/mol. The standard InChI is InChI=1S/C19H25N3O4/c1-26-18(24)16-10-6-11-21(16)17(23)15-9-5-12-22(15)19(25)20-13-14-7-3-2-4-8-14/h2-4,7-8,15-16H,5-6,9-13H2,1H3,(H,20,25)/t15-,16-/m0/s1. The van der Waals surface area contributed by atoms with Crippen LogP contribution in [0.5, 0.6) is 0 Å². The van der Waals surface area contributed by atoms with E-state index >= 15 is 0 Å². The Hall–Kier alpha value is -2.57. The molecular formula is C19H25N3O4. The third-order valence-electron chi connectivity index (χ3n) is 5.09. The number of esters is 1. The zero-order valence-electron chi connectivity index (χ0n) is 15.0. The molecule has 0 spiro atoms. The normalized spacial score (nSPS) is 22.3. The summed E-state index contributed by atoms with van der Waals surface area (Å²) in [4.78, 5) is 40.6. The average Bonchev–Trinajstić information content (AvgIpc) is 3.35. The Morgan fingerprint density at radius 2 is 1.69 bits per heavy atom. The molecule has 0 aliphatic carbocycles. The smallest absolute Gasteiger partial charge is 0.328 e. The lowest BCUT2D eigenvalue weighted by molar-refractivity contribution is -0.152. The third kappa shape index (κ3) is 3.81. The topological polar surface area (TPSA) is 79.0 Å². The van der Waals surface area contributed by atoms with E-state index in [1.807, 2.05) is 30.3 Å². The van der Waals surface area contributed by atoms with E-state index in [9.17, 15) is 14.4 Å². The van der Waals surface area contributed by atoms with Crippen LogP contribution in [0.2, 0.25) is 0 Å². The Bertz CT molecular complexity index is 664. The summed E-state index contributed by atoms with van der Waals surface area (Å²) in [6.45, 7) is 1.51. The zero-order chi connectivity index (χ0) is 18.5. The van der Waals surface area contributed by atoms with Crippen molar-refractivity contribution in [1.29, 1.82) is 0 Å². The fourth-order valence-electron chi connectivity index (χ4n) is 3.74. The van der Waals surface area contributed by atoms with Gasteiger partial charge in [-0.15, -0.1) is 0 Å². The molecule has 0 unspecified atom stereocenters. The summed E-state index contributed by atoms with van der Waals surface area (Å²) < 4.78 is 4.81. The number of benzene rings is 1. The largest absolute Gasteiger partial charge is 0.467 e. The van der Waals surface area contributed by atoms with Crippen molar-refractivity contribution < 1.29 is 19.1 Å². The lowest BCUT2D eigenvalue weighted by atomic mass is 10.1. The molecule has 1 aromatic carbocycles. The van der Waals surface area contributed by atoms with Crippen LogP contribution in [0, 0.1) is 0 Å². The number of likely N-dealkylation sites (tertiary alicyclic amines) is 2. The van der Waals surface area contributed by atoms with Crippen LogP contribution in [0.25, 0.3) is 0 Å². The molecule has 3 rings (SSSR count). The van der Waals surface area contributed by atoms with Gasteiger partial charge in [0.15, 0.2) is 0 Å². The van der Waals surface area contributed by atoms with Gasteiger partial charge in [-0.3, -0.25) is 4.79 Å². The average molecular weight is 359 g/mol. The van der Waals surface area contributed by atoms with Gasteiger partial charge in [-0.2, -0.15) is 0 Å². The molecule has 2 aliphatic heterocycles. The molecule has 7 heteroatoms. The minimum atomic E-state index is -0.526. The summed E-state index contributed by atoms with van der Waals surface area (Å²) >= 11 is 0. The van der Waals surface area contributed by atoms with Crippen molar-refractivity contribution in [2.45, 2.75) is 44.3 Å². The first kappa shape index (κ1) is 18.2. The second-order valence-electron chi connectivity index (χ2n) is 6.71. The van der Waals surface area contributed by atoms with Crippen LogP contribution in [-0.2, 0) is 20.9 Å². The van der Waals surface area contributed by atoms with Crippen LogP contribution in [0.3, 0.4) is 0 Å².